The second kappa shape index (κ2) is 7.16. The molecule has 1 amide bonds. The maximum atomic E-state index is 13.1. The number of nitrogens with zero attached hydrogens (tertiary/aromatic N) is 3. The van der Waals surface area contributed by atoms with Crippen LogP contribution in [-0.2, 0) is 13.0 Å². The topological polar surface area (TPSA) is 59.2 Å². The first-order chi connectivity index (χ1) is 12.3. The molecule has 0 bridgehead atoms. The lowest BCUT2D eigenvalue weighted by molar-refractivity contribution is 0.0745. The number of hydrogen-bond donors (Lipinski definition) is 0. The zero-order valence-electron chi connectivity index (χ0n) is 13.3. The number of hydrogen-bond acceptors (Lipinski definition) is 6. The highest BCUT2D eigenvalue weighted by molar-refractivity contribution is 7.09. The van der Waals surface area contributed by atoms with Crippen LogP contribution in [0.1, 0.15) is 20.8 Å². The molecule has 0 aliphatic rings. The van der Waals surface area contributed by atoms with Gasteiger partial charge in [-0.05, 0) is 42.1 Å². The lowest BCUT2D eigenvalue weighted by atomic mass is 10.1. The number of aromatic nitrogens is 2. The fourth-order valence-electron chi connectivity index (χ4n) is 2.65. The van der Waals surface area contributed by atoms with Gasteiger partial charge < -0.3 is 9.32 Å². The Morgan fingerprint density at radius 3 is 2.88 bits per heavy atom. The van der Waals surface area contributed by atoms with E-state index < -0.39 is 0 Å². The molecule has 1 aromatic carbocycles. The Bertz CT molecular complexity index is 961. The summed E-state index contributed by atoms with van der Waals surface area (Å²) in [5.41, 5.74) is 3.20. The minimum absolute atomic E-state index is 0.00680. The molecule has 25 heavy (non-hydrogen) atoms. The molecule has 0 saturated heterocycles. The van der Waals surface area contributed by atoms with Crippen LogP contribution >= 0.6 is 23.1 Å². The van der Waals surface area contributed by atoms with Crippen molar-refractivity contribution in [3.63, 3.8) is 0 Å². The lowest BCUT2D eigenvalue weighted by Crippen LogP contribution is -2.32. The van der Waals surface area contributed by atoms with Gasteiger partial charge in [0.1, 0.15) is 11.0 Å². The Labute approximate surface area is 152 Å². The van der Waals surface area contributed by atoms with E-state index in [1.807, 2.05) is 35.2 Å². The van der Waals surface area contributed by atoms with Crippen LogP contribution < -0.4 is 0 Å². The molecule has 5 nitrogen and oxygen atoms in total. The van der Waals surface area contributed by atoms with E-state index in [4.69, 9.17) is 4.42 Å². The van der Waals surface area contributed by atoms with Crippen LogP contribution in [0.25, 0.3) is 11.0 Å². The summed E-state index contributed by atoms with van der Waals surface area (Å²) < 4.78 is 13.6. The number of carbonyl (C=O) groups excluding carboxylic acids is 1. The minimum Gasteiger partial charge on any atom is -0.472 e. The molecule has 0 aliphatic heterocycles. The van der Waals surface area contributed by atoms with Gasteiger partial charge in [-0.1, -0.05) is 6.07 Å². The van der Waals surface area contributed by atoms with E-state index in [9.17, 15) is 4.79 Å². The van der Waals surface area contributed by atoms with E-state index in [0.29, 0.717) is 18.7 Å². The van der Waals surface area contributed by atoms with E-state index in [1.54, 1.807) is 23.9 Å². The van der Waals surface area contributed by atoms with Gasteiger partial charge in [0.15, 0.2) is 0 Å². The molecule has 3 aromatic heterocycles. The molecule has 3 heterocycles. The number of benzene rings is 1. The third kappa shape index (κ3) is 3.62. The number of thiophene rings is 1. The van der Waals surface area contributed by atoms with Gasteiger partial charge >= 0.3 is 0 Å². The Hall–Kier alpha value is -2.51. The van der Waals surface area contributed by atoms with Gasteiger partial charge in [-0.3, -0.25) is 4.79 Å². The quantitative estimate of drug-likeness (QED) is 0.510. The molecule has 4 aromatic rings. The van der Waals surface area contributed by atoms with Crippen LogP contribution in [0.15, 0.2) is 58.7 Å². The van der Waals surface area contributed by atoms with Crippen molar-refractivity contribution in [2.75, 3.05) is 6.54 Å². The van der Waals surface area contributed by atoms with Gasteiger partial charge in [0, 0.05) is 29.1 Å². The summed E-state index contributed by atoms with van der Waals surface area (Å²) in [4.78, 5) is 16.2. The van der Waals surface area contributed by atoms with Gasteiger partial charge in [0.2, 0.25) is 0 Å². The summed E-state index contributed by atoms with van der Waals surface area (Å²) >= 11 is 2.87. The number of rotatable bonds is 6. The lowest BCUT2D eigenvalue weighted by Gasteiger charge is -2.22. The van der Waals surface area contributed by atoms with E-state index in [1.165, 1.54) is 4.88 Å². The minimum atomic E-state index is -0.00680. The molecule has 0 saturated carbocycles. The second-order valence-electron chi connectivity index (χ2n) is 5.66. The van der Waals surface area contributed by atoms with Gasteiger partial charge in [-0.25, -0.2) is 0 Å². The number of furan rings is 1. The summed E-state index contributed by atoms with van der Waals surface area (Å²) in [6, 6.07) is 11.5. The molecule has 7 heteroatoms. The van der Waals surface area contributed by atoms with Crippen molar-refractivity contribution in [2.45, 2.75) is 13.0 Å². The third-order valence-corrected chi connectivity index (χ3v) is 5.44. The molecule has 4 rings (SSSR count). The fraction of sp³-hybridized carbons (Fsp3) is 0.167. The highest BCUT2D eigenvalue weighted by Crippen LogP contribution is 2.18. The standard InChI is InChI=1S/C18H15N3O2S2/c22-18(14-3-4-16-17(10-14)20-25-19-16)21(11-13-6-8-23-12-13)7-5-15-2-1-9-24-15/h1-4,6,8-10,12H,5,7,11H2. The van der Waals surface area contributed by atoms with Crippen molar-refractivity contribution >= 4 is 40.0 Å². The van der Waals surface area contributed by atoms with Crippen molar-refractivity contribution in [1.29, 1.82) is 0 Å². The van der Waals surface area contributed by atoms with Crippen molar-refractivity contribution in [1.82, 2.24) is 13.6 Å². The first kappa shape index (κ1) is 16.0. The Morgan fingerprint density at radius 1 is 1.16 bits per heavy atom. The van der Waals surface area contributed by atoms with Crippen molar-refractivity contribution < 1.29 is 9.21 Å². The predicted octanol–water partition coefficient (Wildman–Crippen LogP) is 4.23. The molecule has 0 radical (unpaired) electrons. The maximum Gasteiger partial charge on any atom is 0.254 e. The van der Waals surface area contributed by atoms with Gasteiger partial charge in [-0.2, -0.15) is 8.75 Å². The zero-order valence-corrected chi connectivity index (χ0v) is 14.9. The molecule has 0 spiro atoms. The summed E-state index contributed by atoms with van der Waals surface area (Å²) in [6.45, 7) is 1.17. The zero-order chi connectivity index (χ0) is 17.1. The normalized spacial score (nSPS) is 11.0. The highest BCUT2D eigenvalue weighted by atomic mass is 32.1. The van der Waals surface area contributed by atoms with Crippen molar-refractivity contribution in [3.8, 4) is 0 Å². The van der Waals surface area contributed by atoms with Crippen LogP contribution in [0.4, 0.5) is 0 Å². The summed E-state index contributed by atoms with van der Waals surface area (Å²) in [5, 5.41) is 2.06. The summed E-state index contributed by atoms with van der Waals surface area (Å²) in [7, 11) is 0. The average Bonchev–Trinajstić information content (AvgIpc) is 3.39. The monoisotopic (exact) mass is 369 g/mol. The van der Waals surface area contributed by atoms with Gasteiger partial charge in [-0.15, -0.1) is 11.3 Å². The SMILES string of the molecule is O=C(c1ccc2nsnc2c1)N(CCc1cccs1)Cc1ccoc1. The van der Waals surface area contributed by atoms with E-state index in [2.05, 4.69) is 20.2 Å². The Balaban J connectivity index is 1.57. The molecule has 0 atom stereocenters. The number of fused-ring (bicyclic) bond motifs is 1. The smallest absolute Gasteiger partial charge is 0.254 e. The highest BCUT2D eigenvalue weighted by Gasteiger charge is 2.18. The molecule has 0 unspecified atom stereocenters. The number of carbonyl (C=O) groups is 1. The van der Waals surface area contributed by atoms with Crippen LogP contribution in [0.5, 0.6) is 0 Å². The van der Waals surface area contributed by atoms with Gasteiger partial charge in [0.25, 0.3) is 5.91 Å². The van der Waals surface area contributed by atoms with E-state index >= 15 is 0 Å². The van der Waals surface area contributed by atoms with Crippen LogP contribution in [0.3, 0.4) is 0 Å². The van der Waals surface area contributed by atoms with Gasteiger partial charge in [0.05, 0.1) is 24.3 Å². The average molecular weight is 369 g/mol. The van der Waals surface area contributed by atoms with Crippen LogP contribution in [0, 0.1) is 0 Å². The van der Waals surface area contributed by atoms with E-state index in [-0.39, 0.29) is 5.91 Å². The first-order valence-electron chi connectivity index (χ1n) is 7.84. The maximum absolute atomic E-state index is 13.1. The summed E-state index contributed by atoms with van der Waals surface area (Å²) in [5.74, 6) is -0.00680. The first-order valence-corrected chi connectivity index (χ1v) is 9.45. The largest absolute Gasteiger partial charge is 0.472 e. The molecule has 0 fully saturated rings. The second-order valence-corrected chi connectivity index (χ2v) is 7.22. The summed E-state index contributed by atoms with van der Waals surface area (Å²) in [6.07, 6.45) is 4.14. The Kier molecular flexibility index (Phi) is 4.58. The van der Waals surface area contributed by atoms with E-state index in [0.717, 1.165) is 34.7 Å². The fourth-order valence-corrected chi connectivity index (χ4v) is 3.87. The van der Waals surface area contributed by atoms with Crippen LogP contribution in [0.2, 0.25) is 0 Å². The third-order valence-electron chi connectivity index (χ3n) is 3.95. The molecule has 0 N–H and O–H groups in total. The number of amides is 1. The molecular weight excluding hydrogens is 354 g/mol. The predicted molar refractivity (Wildman–Crippen MR) is 98.9 cm³/mol. The molecule has 0 aliphatic carbocycles. The molecule has 126 valence electrons. The Morgan fingerprint density at radius 2 is 2.08 bits per heavy atom. The van der Waals surface area contributed by atoms with Crippen LogP contribution in [-0.4, -0.2) is 26.1 Å². The van der Waals surface area contributed by atoms with Crippen molar-refractivity contribution in [2.24, 2.45) is 0 Å². The van der Waals surface area contributed by atoms with Crippen molar-refractivity contribution in [3.05, 3.63) is 70.3 Å². The molecular formula is C18H15N3O2S2.